The second kappa shape index (κ2) is 10.6. The Morgan fingerprint density at radius 1 is 1.00 bits per heavy atom. The minimum atomic E-state index is -0.693. The van der Waals surface area contributed by atoms with Gasteiger partial charge in [-0.3, -0.25) is 20.4 Å². The molecule has 0 saturated heterocycles. The Labute approximate surface area is 175 Å². The number of thiocarbonyl (C=S) groups is 1. The van der Waals surface area contributed by atoms with Crippen LogP contribution in [0.3, 0.4) is 0 Å². The van der Waals surface area contributed by atoms with Gasteiger partial charge in [-0.2, -0.15) is 0 Å². The van der Waals surface area contributed by atoms with Crippen molar-refractivity contribution in [2.24, 2.45) is 5.92 Å². The smallest absolute Gasteiger partial charge is 0.261 e. The summed E-state index contributed by atoms with van der Waals surface area (Å²) < 4.78 is 0. The first-order chi connectivity index (χ1) is 13.3. The second-order valence-electron chi connectivity index (χ2n) is 6.53. The average molecular weight is 419 g/mol. The molecule has 0 radical (unpaired) electrons. The highest BCUT2D eigenvalue weighted by Gasteiger charge is 2.24. The third-order valence-electron chi connectivity index (χ3n) is 3.87. The summed E-state index contributed by atoms with van der Waals surface area (Å²) in [5.74, 6) is -0.696. The molecule has 0 spiro atoms. The van der Waals surface area contributed by atoms with Crippen LogP contribution < -0.4 is 21.5 Å². The summed E-state index contributed by atoms with van der Waals surface area (Å²) in [4.78, 5) is 24.8. The summed E-state index contributed by atoms with van der Waals surface area (Å²) in [5, 5.41) is 6.53. The molecule has 0 saturated carbocycles. The Kier molecular flexibility index (Phi) is 8.22. The monoisotopic (exact) mass is 418 g/mol. The van der Waals surface area contributed by atoms with Gasteiger partial charge in [0, 0.05) is 10.7 Å². The predicted octanol–water partition coefficient (Wildman–Crippen LogP) is 3.04. The molecule has 8 heteroatoms. The molecule has 148 valence electrons. The number of carbonyl (C=O) groups excluding carboxylic acids is 2. The molecule has 0 aliphatic heterocycles. The van der Waals surface area contributed by atoms with Gasteiger partial charge in [0.25, 0.3) is 5.91 Å². The molecule has 1 atom stereocenters. The summed E-state index contributed by atoms with van der Waals surface area (Å²) >= 11 is 11.0. The molecule has 6 nitrogen and oxygen atoms in total. The number of carbonyl (C=O) groups is 2. The van der Waals surface area contributed by atoms with Crippen molar-refractivity contribution in [2.45, 2.75) is 26.3 Å². The Morgan fingerprint density at radius 3 is 2.25 bits per heavy atom. The van der Waals surface area contributed by atoms with E-state index in [4.69, 9.17) is 23.8 Å². The number of hydrogen-bond donors (Lipinski definition) is 4. The lowest BCUT2D eigenvalue weighted by Gasteiger charge is -2.22. The summed E-state index contributed by atoms with van der Waals surface area (Å²) in [6.45, 7) is 3.72. The van der Waals surface area contributed by atoms with Crippen LogP contribution in [0, 0.1) is 5.92 Å². The molecule has 4 N–H and O–H groups in total. The van der Waals surface area contributed by atoms with Crippen LogP contribution in [-0.4, -0.2) is 23.0 Å². The molecular formula is C20H23ClN4O2S. The maximum atomic E-state index is 12.5. The zero-order chi connectivity index (χ0) is 20.5. The first-order valence-electron chi connectivity index (χ1n) is 8.81. The van der Waals surface area contributed by atoms with Crippen molar-refractivity contribution in [1.29, 1.82) is 0 Å². The number of nitrogens with one attached hydrogen (secondary N) is 4. The Hall–Kier alpha value is -2.64. The van der Waals surface area contributed by atoms with Crippen molar-refractivity contribution in [3.8, 4) is 0 Å². The fourth-order valence-corrected chi connectivity index (χ4v) is 2.73. The van der Waals surface area contributed by atoms with Gasteiger partial charge in [0.2, 0.25) is 5.91 Å². The van der Waals surface area contributed by atoms with Crippen molar-refractivity contribution < 1.29 is 9.59 Å². The number of benzene rings is 2. The molecule has 0 aliphatic rings. The lowest BCUT2D eigenvalue weighted by Crippen LogP contribution is -2.55. The summed E-state index contributed by atoms with van der Waals surface area (Å²) in [6, 6.07) is 15.6. The van der Waals surface area contributed by atoms with Crippen LogP contribution in [0.25, 0.3) is 0 Å². The van der Waals surface area contributed by atoms with Gasteiger partial charge in [0.1, 0.15) is 6.04 Å². The van der Waals surface area contributed by atoms with Gasteiger partial charge in [0.15, 0.2) is 5.11 Å². The fraction of sp³-hybridized carbons (Fsp3) is 0.250. The van der Waals surface area contributed by atoms with Gasteiger partial charge in [0.05, 0.1) is 6.42 Å². The third kappa shape index (κ3) is 7.17. The van der Waals surface area contributed by atoms with Crippen molar-refractivity contribution in [1.82, 2.24) is 16.2 Å². The van der Waals surface area contributed by atoms with E-state index in [1.165, 1.54) is 0 Å². The molecule has 0 bridgehead atoms. The van der Waals surface area contributed by atoms with E-state index in [0.29, 0.717) is 5.02 Å². The number of rotatable bonds is 6. The molecule has 2 aromatic rings. The number of anilines is 1. The van der Waals surface area contributed by atoms with Crippen LogP contribution >= 0.6 is 23.8 Å². The Bertz CT molecular complexity index is 813. The molecule has 2 amide bonds. The fourth-order valence-electron chi connectivity index (χ4n) is 2.43. The number of halogens is 1. The van der Waals surface area contributed by atoms with Crippen molar-refractivity contribution in [2.75, 3.05) is 5.32 Å². The number of hydrazine groups is 1. The van der Waals surface area contributed by atoms with Crippen LogP contribution in [-0.2, 0) is 16.0 Å². The van der Waals surface area contributed by atoms with Crippen LogP contribution in [0.2, 0.25) is 5.02 Å². The van der Waals surface area contributed by atoms with Gasteiger partial charge in [-0.15, -0.1) is 0 Å². The zero-order valence-corrected chi connectivity index (χ0v) is 17.2. The van der Waals surface area contributed by atoms with E-state index in [1.54, 1.807) is 24.3 Å². The van der Waals surface area contributed by atoms with E-state index in [0.717, 1.165) is 11.3 Å². The topological polar surface area (TPSA) is 82.3 Å². The SMILES string of the molecule is CC(C)[C@H](NC(=O)Cc1ccccc1)C(=O)NNC(=S)Nc1ccc(Cl)cc1. The Morgan fingerprint density at radius 2 is 1.64 bits per heavy atom. The lowest BCUT2D eigenvalue weighted by atomic mass is 10.0. The van der Waals surface area contributed by atoms with Gasteiger partial charge >= 0.3 is 0 Å². The van der Waals surface area contributed by atoms with E-state index in [2.05, 4.69) is 21.5 Å². The predicted molar refractivity (Wildman–Crippen MR) is 116 cm³/mol. The molecule has 2 aromatic carbocycles. The van der Waals surface area contributed by atoms with Crippen molar-refractivity contribution >= 4 is 46.4 Å². The quantitative estimate of drug-likeness (QED) is 0.428. The molecule has 0 heterocycles. The number of hydrogen-bond acceptors (Lipinski definition) is 3. The van der Waals surface area contributed by atoms with E-state index in [-0.39, 0.29) is 29.3 Å². The van der Waals surface area contributed by atoms with Gasteiger partial charge in [-0.25, -0.2) is 0 Å². The van der Waals surface area contributed by atoms with E-state index < -0.39 is 6.04 Å². The second-order valence-corrected chi connectivity index (χ2v) is 7.37. The minimum Gasteiger partial charge on any atom is -0.344 e. The molecule has 0 aromatic heterocycles. The van der Waals surface area contributed by atoms with Gasteiger partial charge < -0.3 is 10.6 Å². The molecular weight excluding hydrogens is 396 g/mol. The van der Waals surface area contributed by atoms with Gasteiger partial charge in [-0.1, -0.05) is 55.8 Å². The minimum absolute atomic E-state index is 0.0979. The highest BCUT2D eigenvalue weighted by atomic mass is 35.5. The molecule has 0 unspecified atom stereocenters. The summed E-state index contributed by atoms with van der Waals surface area (Å²) in [6.07, 6.45) is 0.210. The summed E-state index contributed by atoms with van der Waals surface area (Å²) in [5.41, 5.74) is 6.78. The first-order valence-corrected chi connectivity index (χ1v) is 9.59. The first kappa shape index (κ1) is 21.7. The van der Waals surface area contributed by atoms with Crippen LogP contribution in [0.1, 0.15) is 19.4 Å². The highest BCUT2D eigenvalue weighted by molar-refractivity contribution is 7.80. The maximum absolute atomic E-state index is 12.5. The van der Waals surface area contributed by atoms with Crippen molar-refractivity contribution in [3.05, 3.63) is 65.2 Å². The Balaban J connectivity index is 1.85. The molecule has 28 heavy (non-hydrogen) atoms. The normalized spacial score (nSPS) is 11.4. The lowest BCUT2D eigenvalue weighted by molar-refractivity contribution is -0.130. The number of amides is 2. The standard InChI is InChI=1S/C20H23ClN4O2S/c1-13(2)18(23-17(26)12-14-6-4-3-5-7-14)19(27)24-25-20(28)22-16-10-8-15(21)9-11-16/h3-11,13,18H,12H2,1-2H3,(H,23,26)(H,24,27)(H2,22,25,28)/t18-/m0/s1. The third-order valence-corrected chi connectivity index (χ3v) is 4.33. The van der Waals surface area contributed by atoms with E-state index in [9.17, 15) is 9.59 Å². The molecule has 0 aliphatic carbocycles. The van der Waals surface area contributed by atoms with Crippen LogP contribution in [0.4, 0.5) is 5.69 Å². The maximum Gasteiger partial charge on any atom is 0.261 e. The van der Waals surface area contributed by atoms with E-state index in [1.807, 2.05) is 44.2 Å². The highest BCUT2D eigenvalue weighted by Crippen LogP contribution is 2.13. The zero-order valence-electron chi connectivity index (χ0n) is 15.7. The van der Waals surface area contributed by atoms with Crippen molar-refractivity contribution in [3.63, 3.8) is 0 Å². The van der Waals surface area contributed by atoms with Crippen LogP contribution in [0.15, 0.2) is 54.6 Å². The molecule has 0 fully saturated rings. The summed E-state index contributed by atoms with van der Waals surface area (Å²) in [7, 11) is 0. The van der Waals surface area contributed by atoms with Crippen LogP contribution in [0.5, 0.6) is 0 Å². The van der Waals surface area contributed by atoms with E-state index >= 15 is 0 Å². The van der Waals surface area contributed by atoms with Gasteiger partial charge in [-0.05, 0) is 48.0 Å². The largest absolute Gasteiger partial charge is 0.344 e. The molecule has 2 rings (SSSR count). The average Bonchev–Trinajstić information content (AvgIpc) is 2.66.